The van der Waals surface area contributed by atoms with Crippen LogP contribution in [0.4, 0.5) is 0 Å². The lowest BCUT2D eigenvalue weighted by molar-refractivity contribution is 0.248. The molecule has 4 heteroatoms. The van der Waals surface area contributed by atoms with Gasteiger partial charge in [-0.1, -0.05) is 31.3 Å². The minimum absolute atomic E-state index is 0.478. The lowest BCUT2D eigenvalue weighted by Crippen LogP contribution is -2.35. The Morgan fingerprint density at radius 1 is 1.24 bits per heavy atom. The van der Waals surface area contributed by atoms with E-state index in [1.165, 1.54) is 5.57 Å². The topological polar surface area (TPSA) is 29.0 Å². The van der Waals surface area contributed by atoms with Gasteiger partial charge < -0.3 is 0 Å². The lowest BCUT2D eigenvalue weighted by Gasteiger charge is -2.29. The fraction of sp³-hybridized carbons (Fsp3) is 0.692. The summed E-state index contributed by atoms with van der Waals surface area (Å²) in [5, 5.41) is 10.8. The van der Waals surface area contributed by atoms with Gasteiger partial charge in [0.15, 0.2) is 0 Å². The van der Waals surface area contributed by atoms with Gasteiger partial charge in [0, 0.05) is 30.6 Å². The molecule has 0 N–H and O–H groups in total. The maximum atomic E-state index is 4.33. The summed E-state index contributed by atoms with van der Waals surface area (Å²) in [4.78, 5) is 2.49. The molecule has 0 saturated carbocycles. The van der Waals surface area contributed by atoms with Crippen LogP contribution in [0.5, 0.6) is 0 Å². The maximum Gasteiger partial charge on any atom is 0.144 e. The van der Waals surface area contributed by atoms with E-state index in [0.29, 0.717) is 12.0 Å². The number of hydrogen-bond acceptors (Lipinski definition) is 4. The van der Waals surface area contributed by atoms with Gasteiger partial charge in [0.1, 0.15) is 10.0 Å². The molecule has 1 aromatic rings. The summed E-state index contributed by atoms with van der Waals surface area (Å²) in [6.07, 6.45) is 3.45. The Balaban J connectivity index is 2.13. The first-order chi connectivity index (χ1) is 8.08. The quantitative estimate of drug-likeness (QED) is 0.826. The summed E-state index contributed by atoms with van der Waals surface area (Å²) in [5.74, 6) is 0.478. The van der Waals surface area contributed by atoms with Crippen molar-refractivity contribution in [3.63, 3.8) is 0 Å². The molecule has 0 aliphatic carbocycles. The molecule has 94 valence electrons. The highest BCUT2D eigenvalue weighted by atomic mass is 32.1. The van der Waals surface area contributed by atoms with Crippen LogP contribution in [-0.4, -0.2) is 34.2 Å². The third-order valence-corrected chi connectivity index (χ3v) is 4.42. The van der Waals surface area contributed by atoms with Crippen LogP contribution in [0.2, 0.25) is 0 Å². The van der Waals surface area contributed by atoms with Crippen molar-refractivity contribution < 1.29 is 0 Å². The molecule has 1 aliphatic rings. The van der Waals surface area contributed by atoms with Crippen molar-refractivity contribution in [2.75, 3.05) is 13.1 Å². The Morgan fingerprint density at radius 3 is 2.59 bits per heavy atom. The fourth-order valence-electron chi connectivity index (χ4n) is 1.96. The van der Waals surface area contributed by atoms with Crippen LogP contribution in [0.15, 0.2) is 6.08 Å². The zero-order valence-electron chi connectivity index (χ0n) is 11.1. The zero-order valence-corrected chi connectivity index (χ0v) is 11.9. The van der Waals surface area contributed by atoms with Gasteiger partial charge in [-0.25, -0.2) is 0 Å². The molecule has 0 atom stereocenters. The molecule has 0 aromatic carbocycles. The molecule has 0 amide bonds. The second kappa shape index (κ2) is 5.27. The van der Waals surface area contributed by atoms with E-state index in [1.54, 1.807) is 11.3 Å². The molecular formula is C13H21N3S. The van der Waals surface area contributed by atoms with Crippen LogP contribution < -0.4 is 0 Å². The molecule has 0 saturated heterocycles. The minimum Gasteiger partial charge on any atom is -0.296 e. The fourth-order valence-corrected chi connectivity index (χ4v) is 2.84. The molecule has 1 aliphatic heterocycles. The smallest absolute Gasteiger partial charge is 0.144 e. The van der Waals surface area contributed by atoms with E-state index in [0.717, 1.165) is 29.5 Å². The predicted octanol–water partition coefficient (Wildman–Crippen LogP) is 3.16. The van der Waals surface area contributed by atoms with E-state index in [2.05, 4.69) is 48.9 Å². The Hall–Kier alpha value is -0.740. The van der Waals surface area contributed by atoms with Crippen molar-refractivity contribution in [1.82, 2.24) is 15.1 Å². The van der Waals surface area contributed by atoms with Crippen LogP contribution >= 0.6 is 11.3 Å². The third-order valence-electron chi connectivity index (χ3n) is 3.12. The van der Waals surface area contributed by atoms with E-state index in [1.807, 2.05) is 0 Å². The van der Waals surface area contributed by atoms with Crippen molar-refractivity contribution in [3.8, 4) is 0 Å². The van der Waals surface area contributed by atoms with Gasteiger partial charge in [0.05, 0.1) is 0 Å². The Bertz CT molecular complexity index is 407. The monoisotopic (exact) mass is 251 g/mol. The third kappa shape index (κ3) is 2.93. The Labute approximate surface area is 108 Å². The van der Waals surface area contributed by atoms with Gasteiger partial charge in [-0.15, -0.1) is 10.2 Å². The number of aromatic nitrogens is 2. The number of hydrogen-bond donors (Lipinski definition) is 0. The first-order valence-electron chi connectivity index (χ1n) is 6.34. The highest BCUT2D eigenvalue weighted by Gasteiger charge is 2.19. The van der Waals surface area contributed by atoms with Gasteiger partial charge >= 0.3 is 0 Å². The van der Waals surface area contributed by atoms with E-state index >= 15 is 0 Å². The van der Waals surface area contributed by atoms with Crippen molar-refractivity contribution in [2.45, 2.75) is 46.1 Å². The van der Waals surface area contributed by atoms with Crippen molar-refractivity contribution in [1.29, 1.82) is 0 Å². The van der Waals surface area contributed by atoms with Crippen LogP contribution in [0, 0.1) is 0 Å². The largest absolute Gasteiger partial charge is 0.296 e. The molecule has 0 radical (unpaired) electrons. The first-order valence-corrected chi connectivity index (χ1v) is 7.16. The number of nitrogens with zero attached hydrogens (tertiary/aromatic N) is 3. The van der Waals surface area contributed by atoms with Crippen LogP contribution in [0.1, 0.15) is 50.0 Å². The Morgan fingerprint density at radius 2 is 2.00 bits per heavy atom. The molecule has 17 heavy (non-hydrogen) atoms. The SMILES string of the molecule is CC(C)c1nnc(C2=CCCN(C(C)C)C2)s1. The highest BCUT2D eigenvalue weighted by molar-refractivity contribution is 7.12. The summed E-state index contributed by atoms with van der Waals surface area (Å²) in [6.45, 7) is 11.0. The average Bonchev–Trinajstić information content (AvgIpc) is 2.78. The molecule has 0 fully saturated rings. The van der Waals surface area contributed by atoms with Crippen LogP contribution in [0.25, 0.3) is 5.57 Å². The van der Waals surface area contributed by atoms with Crippen molar-refractivity contribution in [3.05, 3.63) is 16.1 Å². The molecule has 1 aromatic heterocycles. The first kappa shape index (κ1) is 12.7. The number of rotatable bonds is 3. The van der Waals surface area contributed by atoms with Crippen molar-refractivity contribution >= 4 is 16.9 Å². The summed E-state index contributed by atoms with van der Waals surface area (Å²) < 4.78 is 0. The van der Waals surface area contributed by atoms with Gasteiger partial charge in [0.2, 0.25) is 0 Å². The predicted molar refractivity (Wildman–Crippen MR) is 73.3 cm³/mol. The van der Waals surface area contributed by atoms with Crippen molar-refractivity contribution in [2.24, 2.45) is 0 Å². The second-order valence-electron chi connectivity index (χ2n) is 5.18. The highest BCUT2D eigenvalue weighted by Crippen LogP contribution is 2.27. The molecular weight excluding hydrogens is 230 g/mol. The van der Waals surface area contributed by atoms with Gasteiger partial charge in [-0.3, -0.25) is 4.90 Å². The normalized spacial score (nSPS) is 17.9. The molecule has 0 unspecified atom stereocenters. The zero-order chi connectivity index (χ0) is 12.4. The standard InChI is InChI=1S/C13H21N3S/c1-9(2)12-14-15-13(17-12)11-6-5-7-16(8-11)10(3)4/h6,9-10H,5,7-8H2,1-4H3. The Kier molecular flexibility index (Phi) is 3.94. The van der Waals surface area contributed by atoms with E-state index in [-0.39, 0.29) is 0 Å². The lowest BCUT2D eigenvalue weighted by atomic mass is 10.1. The van der Waals surface area contributed by atoms with E-state index in [4.69, 9.17) is 0 Å². The van der Waals surface area contributed by atoms with Gasteiger partial charge in [-0.2, -0.15) is 0 Å². The summed E-state index contributed by atoms with van der Waals surface area (Å²) >= 11 is 1.74. The summed E-state index contributed by atoms with van der Waals surface area (Å²) in [6, 6.07) is 0.608. The minimum atomic E-state index is 0.478. The average molecular weight is 251 g/mol. The van der Waals surface area contributed by atoms with Crippen LogP contribution in [0.3, 0.4) is 0 Å². The molecule has 2 heterocycles. The van der Waals surface area contributed by atoms with Gasteiger partial charge in [0.25, 0.3) is 0 Å². The summed E-state index contributed by atoms with van der Waals surface area (Å²) in [5.41, 5.74) is 1.36. The van der Waals surface area contributed by atoms with Crippen LogP contribution in [-0.2, 0) is 0 Å². The van der Waals surface area contributed by atoms with Gasteiger partial charge in [-0.05, 0) is 20.3 Å². The molecule has 0 spiro atoms. The molecule has 0 bridgehead atoms. The maximum absolute atomic E-state index is 4.33. The van der Waals surface area contributed by atoms with E-state index < -0.39 is 0 Å². The second-order valence-corrected chi connectivity index (χ2v) is 6.19. The molecule has 2 rings (SSSR count). The molecule has 3 nitrogen and oxygen atoms in total. The summed E-state index contributed by atoms with van der Waals surface area (Å²) in [7, 11) is 0. The van der Waals surface area contributed by atoms with E-state index in [9.17, 15) is 0 Å².